The smallest absolute Gasteiger partial charge is 0.251 e. The first kappa shape index (κ1) is 15.8. The van der Waals surface area contributed by atoms with Gasteiger partial charge < -0.3 is 10.6 Å². The SMILES string of the molecule is CCNc1cc(C(=O)NCC2(C)CCCCC2)cc(C)n1. The molecule has 1 aromatic rings. The third kappa shape index (κ3) is 4.45. The van der Waals surface area contributed by atoms with Gasteiger partial charge in [0.1, 0.15) is 5.82 Å². The number of rotatable bonds is 5. The second kappa shape index (κ2) is 6.92. The van der Waals surface area contributed by atoms with Gasteiger partial charge in [-0.3, -0.25) is 4.79 Å². The summed E-state index contributed by atoms with van der Waals surface area (Å²) >= 11 is 0. The van der Waals surface area contributed by atoms with Crippen molar-refractivity contribution in [3.63, 3.8) is 0 Å². The average molecular weight is 289 g/mol. The van der Waals surface area contributed by atoms with E-state index in [9.17, 15) is 4.79 Å². The number of carbonyl (C=O) groups is 1. The predicted molar refractivity (Wildman–Crippen MR) is 86.7 cm³/mol. The first-order valence-electron chi connectivity index (χ1n) is 8.03. The minimum Gasteiger partial charge on any atom is -0.370 e. The number of aryl methyl sites for hydroxylation is 1. The monoisotopic (exact) mass is 289 g/mol. The normalized spacial score (nSPS) is 17.3. The summed E-state index contributed by atoms with van der Waals surface area (Å²) in [6.07, 6.45) is 6.33. The van der Waals surface area contributed by atoms with E-state index < -0.39 is 0 Å². The maximum absolute atomic E-state index is 12.4. The molecule has 1 saturated carbocycles. The summed E-state index contributed by atoms with van der Waals surface area (Å²) in [4.78, 5) is 16.8. The van der Waals surface area contributed by atoms with Crippen molar-refractivity contribution in [1.29, 1.82) is 0 Å². The van der Waals surface area contributed by atoms with Crippen LogP contribution in [0.1, 0.15) is 62.0 Å². The quantitative estimate of drug-likeness (QED) is 0.872. The van der Waals surface area contributed by atoms with E-state index in [1.165, 1.54) is 32.1 Å². The van der Waals surface area contributed by atoms with Gasteiger partial charge in [-0.2, -0.15) is 0 Å². The standard InChI is InChI=1S/C17H27N3O/c1-4-18-15-11-14(10-13(2)20-15)16(21)19-12-17(3)8-6-5-7-9-17/h10-11H,4-9,12H2,1-3H3,(H,18,20)(H,19,21). The molecule has 4 nitrogen and oxygen atoms in total. The molecule has 21 heavy (non-hydrogen) atoms. The zero-order valence-corrected chi connectivity index (χ0v) is 13.5. The molecular formula is C17H27N3O. The molecule has 0 saturated heterocycles. The highest BCUT2D eigenvalue weighted by Gasteiger charge is 2.27. The Morgan fingerprint density at radius 1 is 1.29 bits per heavy atom. The largest absolute Gasteiger partial charge is 0.370 e. The van der Waals surface area contributed by atoms with E-state index in [-0.39, 0.29) is 11.3 Å². The van der Waals surface area contributed by atoms with Crippen molar-refractivity contribution in [3.05, 3.63) is 23.4 Å². The fraction of sp³-hybridized carbons (Fsp3) is 0.647. The van der Waals surface area contributed by atoms with Gasteiger partial charge in [0.2, 0.25) is 0 Å². The van der Waals surface area contributed by atoms with Gasteiger partial charge in [-0.25, -0.2) is 4.98 Å². The number of carbonyl (C=O) groups excluding carboxylic acids is 1. The number of pyridine rings is 1. The number of amides is 1. The summed E-state index contributed by atoms with van der Waals surface area (Å²) in [7, 11) is 0. The van der Waals surface area contributed by atoms with Crippen LogP contribution in [0.25, 0.3) is 0 Å². The molecule has 0 unspecified atom stereocenters. The van der Waals surface area contributed by atoms with E-state index in [0.717, 1.165) is 24.6 Å². The molecular weight excluding hydrogens is 262 g/mol. The van der Waals surface area contributed by atoms with Crippen LogP contribution in [-0.2, 0) is 0 Å². The highest BCUT2D eigenvalue weighted by Crippen LogP contribution is 2.34. The first-order valence-corrected chi connectivity index (χ1v) is 8.03. The molecule has 116 valence electrons. The minimum absolute atomic E-state index is 0.00597. The molecule has 0 aliphatic heterocycles. The van der Waals surface area contributed by atoms with Gasteiger partial charge in [0, 0.05) is 24.3 Å². The molecule has 1 aliphatic rings. The van der Waals surface area contributed by atoms with E-state index in [0.29, 0.717) is 5.56 Å². The van der Waals surface area contributed by atoms with Gasteiger partial charge in [-0.1, -0.05) is 26.2 Å². The van der Waals surface area contributed by atoms with E-state index >= 15 is 0 Å². The van der Waals surface area contributed by atoms with Gasteiger partial charge in [-0.05, 0) is 44.2 Å². The second-order valence-electron chi connectivity index (χ2n) is 6.47. The minimum atomic E-state index is 0.00597. The third-order valence-corrected chi connectivity index (χ3v) is 4.31. The van der Waals surface area contributed by atoms with Gasteiger partial charge in [0.15, 0.2) is 0 Å². The maximum Gasteiger partial charge on any atom is 0.251 e. The zero-order chi connectivity index (χ0) is 15.3. The van der Waals surface area contributed by atoms with Crippen molar-refractivity contribution in [2.75, 3.05) is 18.4 Å². The summed E-state index contributed by atoms with van der Waals surface area (Å²) in [5.74, 6) is 0.776. The molecule has 1 aromatic heterocycles. The number of aromatic nitrogens is 1. The summed E-state index contributed by atoms with van der Waals surface area (Å²) in [6, 6.07) is 3.68. The Labute approximate surface area is 127 Å². The molecule has 0 spiro atoms. The average Bonchev–Trinajstić information content (AvgIpc) is 2.45. The predicted octanol–water partition coefficient (Wildman–Crippen LogP) is 3.52. The second-order valence-corrected chi connectivity index (χ2v) is 6.47. The van der Waals surface area contributed by atoms with E-state index in [2.05, 4.69) is 22.5 Å². The summed E-state index contributed by atoms with van der Waals surface area (Å²) < 4.78 is 0. The third-order valence-electron chi connectivity index (χ3n) is 4.31. The summed E-state index contributed by atoms with van der Waals surface area (Å²) in [5, 5.41) is 6.28. The Bertz CT molecular complexity index is 493. The van der Waals surface area contributed by atoms with Gasteiger partial charge in [0.05, 0.1) is 0 Å². The highest BCUT2D eigenvalue weighted by atomic mass is 16.1. The van der Waals surface area contributed by atoms with Crippen LogP contribution >= 0.6 is 0 Å². The zero-order valence-electron chi connectivity index (χ0n) is 13.5. The van der Waals surface area contributed by atoms with E-state index in [4.69, 9.17) is 0 Å². The van der Waals surface area contributed by atoms with Crippen molar-refractivity contribution in [1.82, 2.24) is 10.3 Å². The van der Waals surface area contributed by atoms with Crippen LogP contribution in [0.3, 0.4) is 0 Å². The molecule has 1 heterocycles. The van der Waals surface area contributed by atoms with Crippen molar-refractivity contribution in [3.8, 4) is 0 Å². The van der Waals surface area contributed by atoms with Crippen molar-refractivity contribution in [2.24, 2.45) is 5.41 Å². The van der Waals surface area contributed by atoms with Crippen LogP contribution < -0.4 is 10.6 Å². The molecule has 4 heteroatoms. The molecule has 2 N–H and O–H groups in total. The lowest BCUT2D eigenvalue weighted by atomic mass is 9.76. The lowest BCUT2D eigenvalue weighted by molar-refractivity contribution is 0.0919. The van der Waals surface area contributed by atoms with Crippen molar-refractivity contribution < 1.29 is 4.79 Å². The fourth-order valence-electron chi connectivity index (χ4n) is 3.05. The first-order chi connectivity index (χ1) is 10.0. The molecule has 0 aromatic carbocycles. The number of anilines is 1. The highest BCUT2D eigenvalue weighted by molar-refractivity contribution is 5.95. The molecule has 0 radical (unpaired) electrons. The Morgan fingerprint density at radius 3 is 2.67 bits per heavy atom. The topological polar surface area (TPSA) is 54.0 Å². The van der Waals surface area contributed by atoms with Crippen LogP contribution in [0, 0.1) is 12.3 Å². The molecule has 2 rings (SSSR count). The number of hydrogen-bond donors (Lipinski definition) is 2. The lowest BCUT2D eigenvalue weighted by Gasteiger charge is -2.33. The summed E-state index contributed by atoms with van der Waals surface area (Å²) in [6.45, 7) is 7.79. The van der Waals surface area contributed by atoms with Gasteiger partial charge in [0.25, 0.3) is 5.91 Å². The molecule has 0 atom stereocenters. The number of nitrogens with zero attached hydrogens (tertiary/aromatic N) is 1. The van der Waals surface area contributed by atoms with Crippen molar-refractivity contribution in [2.45, 2.75) is 52.9 Å². The fourth-order valence-corrected chi connectivity index (χ4v) is 3.05. The molecule has 1 amide bonds. The Hall–Kier alpha value is -1.58. The maximum atomic E-state index is 12.4. The number of nitrogens with one attached hydrogen (secondary N) is 2. The molecule has 0 bridgehead atoms. The Kier molecular flexibility index (Phi) is 5.21. The summed E-state index contributed by atoms with van der Waals surface area (Å²) in [5.41, 5.74) is 1.82. The van der Waals surface area contributed by atoms with Gasteiger partial charge >= 0.3 is 0 Å². The van der Waals surface area contributed by atoms with Crippen molar-refractivity contribution >= 4 is 11.7 Å². The Morgan fingerprint density at radius 2 is 2.00 bits per heavy atom. The Balaban J connectivity index is 1.99. The van der Waals surface area contributed by atoms with Gasteiger partial charge in [-0.15, -0.1) is 0 Å². The lowest BCUT2D eigenvalue weighted by Crippen LogP contribution is -2.37. The molecule has 1 aliphatic carbocycles. The van der Waals surface area contributed by atoms with Crippen LogP contribution in [-0.4, -0.2) is 24.0 Å². The van der Waals surface area contributed by atoms with Crippen LogP contribution in [0.5, 0.6) is 0 Å². The van der Waals surface area contributed by atoms with Crippen LogP contribution in [0.15, 0.2) is 12.1 Å². The number of hydrogen-bond acceptors (Lipinski definition) is 3. The molecule has 1 fully saturated rings. The van der Waals surface area contributed by atoms with E-state index in [1.807, 2.05) is 26.0 Å². The van der Waals surface area contributed by atoms with E-state index in [1.54, 1.807) is 0 Å². The van der Waals surface area contributed by atoms with Crippen LogP contribution in [0.2, 0.25) is 0 Å². The van der Waals surface area contributed by atoms with Crippen LogP contribution in [0.4, 0.5) is 5.82 Å².